The van der Waals surface area contributed by atoms with Gasteiger partial charge in [-0.1, -0.05) is 30.7 Å². The van der Waals surface area contributed by atoms with Crippen molar-refractivity contribution in [2.24, 2.45) is 5.73 Å². The van der Waals surface area contributed by atoms with Crippen molar-refractivity contribution < 1.29 is 4.79 Å². The van der Waals surface area contributed by atoms with Crippen LogP contribution in [-0.2, 0) is 4.79 Å². The summed E-state index contributed by atoms with van der Waals surface area (Å²) in [6, 6.07) is 0. The van der Waals surface area contributed by atoms with Gasteiger partial charge in [0.1, 0.15) is 6.79 Å². The van der Waals surface area contributed by atoms with E-state index in [9.17, 15) is 0 Å². The zero-order valence-corrected chi connectivity index (χ0v) is 8.75. The molecule has 76 valence electrons. The molecular formula is C11H21NO. The molecule has 0 unspecified atom stereocenters. The van der Waals surface area contributed by atoms with E-state index in [0.717, 1.165) is 25.8 Å². The van der Waals surface area contributed by atoms with Gasteiger partial charge in [0.2, 0.25) is 0 Å². The van der Waals surface area contributed by atoms with E-state index in [0.29, 0.717) is 0 Å². The van der Waals surface area contributed by atoms with Crippen molar-refractivity contribution in [3.63, 3.8) is 0 Å². The molecule has 0 aromatic heterocycles. The molecule has 0 aromatic carbocycles. The second kappa shape index (κ2) is 13.7. The molecule has 0 saturated heterocycles. The zero-order chi connectivity index (χ0) is 10.5. The number of hydrogen-bond donors (Lipinski definition) is 1. The molecule has 0 saturated carbocycles. The molecule has 0 rings (SSSR count). The minimum atomic E-state index is 0.799. The van der Waals surface area contributed by atoms with Crippen LogP contribution in [0.25, 0.3) is 0 Å². The number of allylic oxidation sites excluding steroid dienone is 4. The molecule has 0 heterocycles. The van der Waals surface area contributed by atoms with E-state index >= 15 is 0 Å². The molecule has 13 heavy (non-hydrogen) atoms. The van der Waals surface area contributed by atoms with Crippen molar-refractivity contribution in [1.82, 2.24) is 0 Å². The van der Waals surface area contributed by atoms with Crippen LogP contribution < -0.4 is 5.73 Å². The van der Waals surface area contributed by atoms with E-state index in [1.807, 2.05) is 13.7 Å². The Balaban J connectivity index is 0. The summed E-state index contributed by atoms with van der Waals surface area (Å²) in [5.74, 6) is 0. The van der Waals surface area contributed by atoms with Gasteiger partial charge >= 0.3 is 0 Å². The summed E-state index contributed by atoms with van der Waals surface area (Å²) in [6.07, 6.45) is 9.74. The SMILES string of the molecule is C/C=C\C=C(/CC)CCCN.C=O. The number of nitrogens with two attached hydrogens (primary N) is 1. The van der Waals surface area contributed by atoms with E-state index in [1.165, 1.54) is 5.57 Å². The van der Waals surface area contributed by atoms with Gasteiger partial charge in [-0.2, -0.15) is 0 Å². The molecule has 0 aliphatic carbocycles. The van der Waals surface area contributed by atoms with Gasteiger partial charge < -0.3 is 10.5 Å². The van der Waals surface area contributed by atoms with Gasteiger partial charge in [0.05, 0.1) is 0 Å². The molecule has 0 aliphatic rings. The van der Waals surface area contributed by atoms with E-state index in [-0.39, 0.29) is 0 Å². The van der Waals surface area contributed by atoms with Crippen molar-refractivity contribution in [3.05, 3.63) is 23.8 Å². The van der Waals surface area contributed by atoms with E-state index in [1.54, 1.807) is 0 Å². The number of rotatable bonds is 5. The fourth-order valence-corrected chi connectivity index (χ4v) is 0.939. The van der Waals surface area contributed by atoms with Gasteiger partial charge in [-0.3, -0.25) is 0 Å². The number of carbonyl (C=O) groups excluding carboxylic acids is 1. The Kier molecular flexibility index (Phi) is 15.4. The third kappa shape index (κ3) is 11.1. The van der Waals surface area contributed by atoms with Crippen LogP contribution >= 0.6 is 0 Å². The van der Waals surface area contributed by atoms with E-state index < -0.39 is 0 Å². The van der Waals surface area contributed by atoms with E-state index in [2.05, 4.69) is 25.2 Å². The van der Waals surface area contributed by atoms with Crippen molar-refractivity contribution in [3.8, 4) is 0 Å². The predicted octanol–water partition coefficient (Wildman–Crippen LogP) is 2.45. The summed E-state index contributed by atoms with van der Waals surface area (Å²) in [5, 5.41) is 0. The molecule has 0 atom stereocenters. The maximum Gasteiger partial charge on any atom is 0.106 e. The third-order valence-corrected chi connectivity index (χ3v) is 1.68. The van der Waals surface area contributed by atoms with Gasteiger partial charge in [0.25, 0.3) is 0 Å². The number of hydrogen-bond acceptors (Lipinski definition) is 2. The quantitative estimate of drug-likeness (QED) is 0.665. The zero-order valence-electron chi connectivity index (χ0n) is 8.75. The van der Waals surface area contributed by atoms with Crippen LogP contribution in [-0.4, -0.2) is 13.3 Å². The normalized spacial score (nSPS) is 11.2. The van der Waals surface area contributed by atoms with E-state index in [4.69, 9.17) is 10.5 Å². The largest absolute Gasteiger partial charge is 0.330 e. The summed E-state index contributed by atoms with van der Waals surface area (Å²) in [4.78, 5) is 8.00. The van der Waals surface area contributed by atoms with Gasteiger partial charge in [-0.15, -0.1) is 0 Å². The van der Waals surface area contributed by atoms with Gasteiger partial charge in [0.15, 0.2) is 0 Å². The summed E-state index contributed by atoms with van der Waals surface area (Å²) in [7, 11) is 0. The first-order valence-electron chi connectivity index (χ1n) is 4.64. The van der Waals surface area contributed by atoms with Crippen LogP contribution in [0.3, 0.4) is 0 Å². The van der Waals surface area contributed by atoms with Gasteiger partial charge in [0, 0.05) is 0 Å². The minimum absolute atomic E-state index is 0.799. The highest BCUT2D eigenvalue weighted by Gasteiger charge is 1.90. The molecule has 0 aliphatic heterocycles. The molecule has 0 fully saturated rings. The van der Waals surface area contributed by atoms with Gasteiger partial charge in [-0.25, -0.2) is 0 Å². The average Bonchev–Trinajstić information content (AvgIpc) is 2.21. The highest BCUT2D eigenvalue weighted by atomic mass is 16.1. The standard InChI is InChI=1S/C10H19N.CH2O/c1-3-5-7-10(4-2)8-6-9-11;1-2/h3,5,7H,4,6,8-9,11H2,1-2H3;1H2/b5-3-,10-7+;. The Morgan fingerprint density at radius 3 is 2.46 bits per heavy atom. The van der Waals surface area contributed by atoms with Crippen LogP contribution in [0.4, 0.5) is 0 Å². The first kappa shape index (κ1) is 14.6. The second-order valence-electron chi connectivity index (χ2n) is 2.60. The van der Waals surface area contributed by atoms with Crippen LogP contribution in [0.15, 0.2) is 23.8 Å². The minimum Gasteiger partial charge on any atom is -0.330 e. The summed E-state index contributed by atoms with van der Waals surface area (Å²) >= 11 is 0. The molecule has 0 radical (unpaired) electrons. The molecule has 0 spiro atoms. The molecular weight excluding hydrogens is 162 g/mol. The topological polar surface area (TPSA) is 43.1 Å². The number of carbonyl (C=O) groups is 1. The van der Waals surface area contributed by atoms with Crippen LogP contribution in [0.2, 0.25) is 0 Å². The fraction of sp³-hybridized carbons (Fsp3) is 0.545. The summed E-state index contributed by atoms with van der Waals surface area (Å²) in [5.41, 5.74) is 6.91. The maximum atomic E-state index is 8.00. The summed E-state index contributed by atoms with van der Waals surface area (Å²) in [6.45, 7) is 7.02. The second-order valence-corrected chi connectivity index (χ2v) is 2.60. The Labute approximate surface area is 81.5 Å². The average molecular weight is 183 g/mol. The first-order chi connectivity index (χ1) is 6.35. The Morgan fingerprint density at radius 2 is 2.08 bits per heavy atom. The lowest BCUT2D eigenvalue weighted by Crippen LogP contribution is -1.98. The molecule has 2 heteroatoms. The van der Waals surface area contributed by atoms with Crippen LogP contribution in [0, 0.1) is 0 Å². The van der Waals surface area contributed by atoms with Crippen LogP contribution in [0.1, 0.15) is 33.1 Å². The first-order valence-corrected chi connectivity index (χ1v) is 4.64. The Hall–Kier alpha value is -0.890. The van der Waals surface area contributed by atoms with Gasteiger partial charge in [-0.05, 0) is 32.7 Å². The molecule has 0 bridgehead atoms. The van der Waals surface area contributed by atoms with Crippen molar-refractivity contribution in [2.75, 3.05) is 6.54 Å². The molecule has 0 amide bonds. The van der Waals surface area contributed by atoms with Crippen molar-refractivity contribution >= 4 is 6.79 Å². The summed E-state index contributed by atoms with van der Waals surface area (Å²) < 4.78 is 0. The lowest BCUT2D eigenvalue weighted by Gasteiger charge is -2.00. The fourth-order valence-electron chi connectivity index (χ4n) is 0.939. The Bertz CT molecular complexity index is 150. The Morgan fingerprint density at radius 1 is 1.46 bits per heavy atom. The predicted molar refractivity (Wildman–Crippen MR) is 58.6 cm³/mol. The molecule has 2 N–H and O–H groups in total. The lowest BCUT2D eigenvalue weighted by molar-refractivity contribution is -0.0979. The highest BCUT2D eigenvalue weighted by Crippen LogP contribution is 2.08. The van der Waals surface area contributed by atoms with Crippen LogP contribution in [0.5, 0.6) is 0 Å². The highest BCUT2D eigenvalue weighted by molar-refractivity contribution is 5.11. The smallest absolute Gasteiger partial charge is 0.106 e. The lowest BCUT2D eigenvalue weighted by atomic mass is 10.1. The molecule has 2 nitrogen and oxygen atoms in total. The van der Waals surface area contributed by atoms with Crippen molar-refractivity contribution in [2.45, 2.75) is 33.1 Å². The maximum absolute atomic E-state index is 8.00. The monoisotopic (exact) mass is 183 g/mol. The molecule has 0 aromatic rings. The third-order valence-electron chi connectivity index (χ3n) is 1.68. The van der Waals surface area contributed by atoms with Crippen molar-refractivity contribution in [1.29, 1.82) is 0 Å².